The van der Waals surface area contributed by atoms with Gasteiger partial charge >= 0.3 is 0 Å². The molecule has 0 aliphatic heterocycles. The second-order valence-corrected chi connectivity index (χ2v) is 7.69. The van der Waals surface area contributed by atoms with Gasteiger partial charge in [0.1, 0.15) is 5.76 Å². The Balaban J connectivity index is 0.000000485. The third kappa shape index (κ3) is 8.26. The smallest absolute Gasteiger partial charge is 0.156 e. The van der Waals surface area contributed by atoms with Gasteiger partial charge in [0.25, 0.3) is 0 Å². The van der Waals surface area contributed by atoms with Crippen LogP contribution in [0.5, 0.6) is 0 Å². The van der Waals surface area contributed by atoms with E-state index < -0.39 is 0 Å². The molecule has 2 N–H and O–H groups in total. The van der Waals surface area contributed by atoms with E-state index in [2.05, 4.69) is 15.7 Å². The zero-order chi connectivity index (χ0) is 20.0. The first-order valence-corrected chi connectivity index (χ1v) is 11.0. The summed E-state index contributed by atoms with van der Waals surface area (Å²) in [5, 5.41) is 15.2. The number of methoxy groups -OCH3 is 1. The van der Waals surface area contributed by atoms with Crippen molar-refractivity contribution in [1.82, 2.24) is 10.3 Å². The van der Waals surface area contributed by atoms with Gasteiger partial charge in [-0.15, -0.1) is 11.8 Å². The third-order valence-electron chi connectivity index (χ3n) is 4.70. The van der Waals surface area contributed by atoms with Gasteiger partial charge < -0.3 is 15.2 Å². The van der Waals surface area contributed by atoms with Crippen LogP contribution in [0.3, 0.4) is 0 Å². The van der Waals surface area contributed by atoms with Crippen molar-refractivity contribution in [2.75, 3.05) is 14.2 Å². The maximum atomic E-state index is 9.84. The lowest BCUT2D eigenvalue weighted by molar-refractivity contribution is 0.265. The molecule has 0 saturated heterocycles. The molecule has 1 heterocycles. The van der Waals surface area contributed by atoms with Gasteiger partial charge in [0, 0.05) is 43.7 Å². The number of pyridine rings is 1. The highest BCUT2D eigenvalue weighted by molar-refractivity contribution is 8.01. The van der Waals surface area contributed by atoms with Crippen LogP contribution in [0, 0.1) is 0 Å². The van der Waals surface area contributed by atoms with E-state index in [1.165, 1.54) is 37.7 Å². The minimum absolute atomic E-state index is 0.265. The highest BCUT2D eigenvalue weighted by Gasteiger charge is 2.07. The number of ether oxygens (including phenoxy) is 1. The zero-order valence-corrected chi connectivity index (χ0v) is 17.8. The highest BCUT2D eigenvalue weighted by atomic mass is 32.2. The molecule has 1 aromatic rings. The van der Waals surface area contributed by atoms with Gasteiger partial charge in [-0.05, 0) is 34.8 Å². The van der Waals surface area contributed by atoms with Crippen molar-refractivity contribution in [3.63, 3.8) is 0 Å². The number of aliphatic hydroxyl groups is 1. The lowest BCUT2D eigenvalue weighted by Gasteiger charge is -2.08. The summed E-state index contributed by atoms with van der Waals surface area (Å²) in [4.78, 5) is 4.02. The van der Waals surface area contributed by atoms with Gasteiger partial charge in [0.2, 0.25) is 0 Å². The number of hydrogen-bond donors (Lipinski definition) is 2. The number of hydrogen-bond acceptors (Lipinski definition) is 5. The minimum atomic E-state index is 0.265. The quantitative estimate of drug-likeness (QED) is 0.586. The second kappa shape index (κ2) is 13.1. The summed E-state index contributed by atoms with van der Waals surface area (Å²) in [7, 11) is 3.49. The lowest BCUT2D eigenvalue weighted by Crippen LogP contribution is -2.05. The molecule has 0 aromatic carbocycles. The summed E-state index contributed by atoms with van der Waals surface area (Å²) < 4.78 is 5.15. The lowest BCUT2D eigenvalue weighted by atomic mass is 10.1. The summed E-state index contributed by atoms with van der Waals surface area (Å²) in [6.45, 7) is 0. The topological polar surface area (TPSA) is 54.4 Å². The molecule has 1 fully saturated rings. The van der Waals surface area contributed by atoms with E-state index in [4.69, 9.17) is 4.74 Å². The molecule has 1 saturated carbocycles. The number of aliphatic hydroxyl groups excluding tert-OH is 1. The van der Waals surface area contributed by atoms with Crippen molar-refractivity contribution in [2.24, 2.45) is 0 Å². The van der Waals surface area contributed by atoms with Crippen LogP contribution < -0.4 is 5.32 Å². The summed E-state index contributed by atoms with van der Waals surface area (Å²) in [5.41, 5.74) is 3.54. The molecule has 152 valence electrons. The molecule has 0 spiro atoms. The first kappa shape index (κ1) is 22.2. The van der Waals surface area contributed by atoms with E-state index in [1.807, 2.05) is 49.8 Å². The Kier molecular flexibility index (Phi) is 10.4. The SMILES string of the molecule is C1CCCC1.CN/C(=C\SCc1ccncc1)CC1=CCC(O)=C(OC)C=C1. The molecule has 2 aliphatic rings. The predicted octanol–water partition coefficient (Wildman–Crippen LogP) is 6.02. The fraction of sp³-hybridized carbons (Fsp3) is 0.435. The molecule has 2 aliphatic carbocycles. The zero-order valence-electron chi connectivity index (χ0n) is 17.0. The largest absolute Gasteiger partial charge is 0.508 e. The molecule has 0 unspecified atom stereocenters. The number of rotatable bonds is 7. The van der Waals surface area contributed by atoms with E-state index in [9.17, 15) is 5.11 Å². The molecule has 4 nitrogen and oxygen atoms in total. The molecule has 5 heteroatoms. The number of aromatic nitrogens is 1. The Labute approximate surface area is 173 Å². The Morgan fingerprint density at radius 2 is 1.86 bits per heavy atom. The van der Waals surface area contributed by atoms with Crippen LogP contribution in [-0.2, 0) is 10.5 Å². The molecule has 28 heavy (non-hydrogen) atoms. The Morgan fingerprint density at radius 1 is 1.18 bits per heavy atom. The van der Waals surface area contributed by atoms with Crippen LogP contribution in [-0.4, -0.2) is 24.2 Å². The molecular weight excluding hydrogens is 368 g/mol. The first-order valence-electron chi connectivity index (χ1n) is 9.93. The van der Waals surface area contributed by atoms with E-state index in [1.54, 1.807) is 18.9 Å². The summed E-state index contributed by atoms with van der Waals surface area (Å²) in [6, 6.07) is 4.05. The van der Waals surface area contributed by atoms with Crippen molar-refractivity contribution in [1.29, 1.82) is 0 Å². The standard InChI is InChI=1S/C18H22N2O2S.C5H10/c1-19-16(13-23-12-15-7-9-20-10-8-15)11-14-3-5-17(21)18(22-2)6-4-14;1-2-4-5-3-1/h3-4,6-10,13,19,21H,5,11-12H2,1-2H3;1-5H2/b16-13-;. The fourth-order valence-electron chi connectivity index (χ4n) is 3.00. The van der Waals surface area contributed by atoms with Gasteiger partial charge in [-0.3, -0.25) is 4.98 Å². The van der Waals surface area contributed by atoms with E-state index in [-0.39, 0.29) is 5.76 Å². The van der Waals surface area contributed by atoms with Gasteiger partial charge in [0.15, 0.2) is 5.76 Å². The van der Waals surface area contributed by atoms with Crippen LogP contribution in [0.2, 0.25) is 0 Å². The second-order valence-electron chi connectivity index (χ2n) is 6.84. The monoisotopic (exact) mass is 400 g/mol. The summed E-state index contributed by atoms with van der Waals surface area (Å²) >= 11 is 1.75. The van der Waals surface area contributed by atoms with Crippen molar-refractivity contribution in [3.8, 4) is 0 Å². The number of thioether (sulfide) groups is 1. The first-order chi connectivity index (χ1) is 13.7. The van der Waals surface area contributed by atoms with Gasteiger partial charge in [-0.1, -0.05) is 44.3 Å². The molecule has 0 bridgehead atoms. The molecular formula is C23H32N2O2S. The number of nitrogens with one attached hydrogen (secondary N) is 1. The average Bonchev–Trinajstić information content (AvgIpc) is 3.27. The fourth-order valence-corrected chi connectivity index (χ4v) is 3.87. The van der Waals surface area contributed by atoms with Crippen LogP contribution >= 0.6 is 11.8 Å². The summed E-state index contributed by atoms with van der Waals surface area (Å²) in [6.07, 6.45) is 18.2. The Bertz CT molecular complexity index is 697. The van der Waals surface area contributed by atoms with Crippen LogP contribution in [0.25, 0.3) is 0 Å². The molecule has 0 atom stereocenters. The van der Waals surface area contributed by atoms with E-state index >= 15 is 0 Å². The van der Waals surface area contributed by atoms with Gasteiger partial charge in [0.05, 0.1) is 7.11 Å². The summed E-state index contributed by atoms with van der Waals surface area (Å²) in [5.74, 6) is 1.71. The van der Waals surface area contributed by atoms with Crippen LogP contribution in [0.1, 0.15) is 50.5 Å². The minimum Gasteiger partial charge on any atom is -0.508 e. The van der Waals surface area contributed by atoms with Crippen LogP contribution in [0.15, 0.2) is 71.0 Å². The van der Waals surface area contributed by atoms with Crippen molar-refractivity contribution in [2.45, 2.75) is 50.7 Å². The normalized spacial score (nSPS) is 16.8. The number of nitrogens with zero attached hydrogens (tertiary/aromatic N) is 1. The Hall–Kier alpha value is -2.14. The number of allylic oxidation sites excluding steroid dienone is 4. The maximum absolute atomic E-state index is 9.84. The van der Waals surface area contributed by atoms with Crippen molar-refractivity contribution >= 4 is 11.8 Å². The molecule has 0 amide bonds. The highest BCUT2D eigenvalue weighted by Crippen LogP contribution is 2.22. The van der Waals surface area contributed by atoms with Gasteiger partial charge in [-0.2, -0.15) is 0 Å². The van der Waals surface area contributed by atoms with Crippen molar-refractivity contribution < 1.29 is 9.84 Å². The molecule has 0 radical (unpaired) electrons. The Morgan fingerprint density at radius 3 is 2.46 bits per heavy atom. The van der Waals surface area contributed by atoms with E-state index in [0.717, 1.165) is 23.4 Å². The van der Waals surface area contributed by atoms with Crippen LogP contribution in [0.4, 0.5) is 0 Å². The van der Waals surface area contributed by atoms with E-state index in [0.29, 0.717) is 12.2 Å². The molecule has 3 rings (SSSR count). The maximum Gasteiger partial charge on any atom is 0.156 e. The molecule has 1 aromatic heterocycles. The third-order valence-corrected chi connectivity index (χ3v) is 5.65. The average molecular weight is 401 g/mol. The predicted molar refractivity (Wildman–Crippen MR) is 119 cm³/mol. The van der Waals surface area contributed by atoms with Crippen molar-refractivity contribution in [3.05, 3.63) is 76.5 Å². The van der Waals surface area contributed by atoms with Gasteiger partial charge in [-0.25, -0.2) is 0 Å².